The fourth-order valence-corrected chi connectivity index (χ4v) is 10.9. The molecule has 0 bridgehead atoms. The number of carbonyl (C=O) groups is 2. The minimum Gasteiger partial charge on any atom is -0.282 e. The SMILES string of the molecule is C=CC(=O)SCC1=C(C)SC(c2ccccc2C2SC(C)=C(CSC(=O)C=C)S2)S1. The van der Waals surface area contributed by atoms with Crippen molar-refractivity contribution in [2.75, 3.05) is 11.5 Å². The summed E-state index contributed by atoms with van der Waals surface area (Å²) in [5.41, 5.74) is 2.69. The van der Waals surface area contributed by atoms with Crippen molar-refractivity contribution in [1.82, 2.24) is 0 Å². The molecule has 0 aliphatic carbocycles. The van der Waals surface area contributed by atoms with E-state index in [0.29, 0.717) is 20.7 Å². The Labute approximate surface area is 204 Å². The van der Waals surface area contributed by atoms with Crippen LogP contribution in [0.2, 0.25) is 0 Å². The smallest absolute Gasteiger partial charge is 0.211 e. The molecule has 0 aromatic heterocycles. The molecule has 0 fully saturated rings. The van der Waals surface area contributed by atoms with E-state index in [1.165, 1.54) is 66.4 Å². The van der Waals surface area contributed by atoms with Crippen molar-refractivity contribution in [2.45, 2.75) is 23.0 Å². The average molecular weight is 511 g/mol. The third kappa shape index (κ3) is 6.11. The standard InChI is InChI=1S/C22H22O2S6/c1-5-19(23)25-11-17-13(3)27-21(29-17)15-9-7-8-10-16(15)22-28-14(4)18(30-22)12-26-20(24)6-2/h5-10,21-22H,1-2,11-12H2,3-4H3. The number of benzene rings is 1. The summed E-state index contributed by atoms with van der Waals surface area (Å²) in [6.07, 6.45) is 2.75. The summed E-state index contributed by atoms with van der Waals surface area (Å²) in [5, 5.41) is 0.0378. The number of thioether (sulfide) groups is 6. The minimum absolute atomic E-state index is 0.0189. The zero-order valence-corrected chi connectivity index (χ0v) is 21.6. The molecule has 0 saturated heterocycles. The molecular formula is C22H22O2S6. The second-order valence-corrected chi connectivity index (χ2v) is 13.9. The predicted octanol–water partition coefficient (Wildman–Crippen LogP) is 8.00. The zero-order chi connectivity index (χ0) is 21.7. The fourth-order valence-electron chi connectivity index (χ4n) is 2.78. The molecule has 0 saturated carbocycles. The van der Waals surface area contributed by atoms with Crippen molar-refractivity contribution in [3.05, 3.63) is 80.3 Å². The monoisotopic (exact) mass is 510 g/mol. The first-order valence-electron chi connectivity index (χ1n) is 9.16. The van der Waals surface area contributed by atoms with Gasteiger partial charge in [-0.1, -0.05) is 60.9 Å². The highest BCUT2D eigenvalue weighted by Crippen LogP contribution is 2.61. The number of rotatable bonds is 8. The maximum atomic E-state index is 11.6. The van der Waals surface area contributed by atoms with E-state index in [0.717, 1.165) is 0 Å². The molecule has 0 N–H and O–H groups in total. The van der Waals surface area contributed by atoms with Gasteiger partial charge in [-0.2, -0.15) is 0 Å². The Kier molecular flexibility index (Phi) is 9.28. The van der Waals surface area contributed by atoms with Crippen molar-refractivity contribution in [3.8, 4) is 0 Å². The zero-order valence-electron chi connectivity index (χ0n) is 16.7. The van der Waals surface area contributed by atoms with Gasteiger partial charge < -0.3 is 0 Å². The molecule has 0 amide bonds. The number of allylic oxidation sites excluding steroid dienone is 2. The molecule has 2 heterocycles. The van der Waals surface area contributed by atoms with Gasteiger partial charge in [-0.05, 0) is 46.9 Å². The van der Waals surface area contributed by atoms with Crippen LogP contribution in [0.1, 0.15) is 34.1 Å². The van der Waals surface area contributed by atoms with E-state index in [1.807, 2.05) is 47.0 Å². The molecule has 2 nitrogen and oxygen atoms in total. The number of hydrogen-bond donors (Lipinski definition) is 0. The van der Waals surface area contributed by atoms with Gasteiger partial charge in [0.25, 0.3) is 0 Å². The van der Waals surface area contributed by atoms with E-state index in [1.54, 1.807) is 0 Å². The minimum atomic E-state index is 0.0189. The summed E-state index contributed by atoms with van der Waals surface area (Å²) < 4.78 is 0.607. The van der Waals surface area contributed by atoms with Crippen LogP contribution < -0.4 is 0 Å². The van der Waals surface area contributed by atoms with E-state index < -0.39 is 0 Å². The summed E-state index contributed by atoms with van der Waals surface area (Å²) in [7, 11) is 0. The van der Waals surface area contributed by atoms with Gasteiger partial charge in [0.1, 0.15) is 0 Å². The van der Waals surface area contributed by atoms with Crippen molar-refractivity contribution in [2.24, 2.45) is 0 Å². The summed E-state index contributed by atoms with van der Waals surface area (Å²) in [6, 6.07) is 8.66. The lowest BCUT2D eigenvalue weighted by atomic mass is 10.1. The second-order valence-electron chi connectivity index (χ2n) is 6.35. The third-order valence-corrected chi connectivity index (χ3v) is 12.5. The molecule has 0 spiro atoms. The average Bonchev–Trinajstić information content (AvgIpc) is 3.32. The molecule has 2 unspecified atom stereocenters. The van der Waals surface area contributed by atoms with E-state index in [2.05, 4.69) is 51.3 Å². The molecule has 2 atom stereocenters. The first-order chi connectivity index (χ1) is 14.4. The van der Waals surface area contributed by atoms with Crippen LogP contribution in [0.5, 0.6) is 0 Å². The Hall–Kier alpha value is -0.380. The molecule has 0 radical (unpaired) electrons. The van der Waals surface area contributed by atoms with Gasteiger partial charge in [0.2, 0.25) is 10.2 Å². The van der Waals surface area contributed by atoms with Crippen molar-refractivity contribution < 1.29 is 9.59 Å². The fraction of sp³-hybridized carbons (Fsp3) is 0.273. The van der Waals surface area contributed by atoms with Crippen LogP contribution in [0.3, 0.4) is 0 Å². The highest BCUT2D eigenvalue weighted by Gasteiger charge is 2.32. The van der Waals surface area contributed by atoms with Crippen molar-refractivity contribution in [1.29, 1.82) is 0 Å². The molecule has 8 heteroatoms. The van der Waals surface area contributed by atoms with E-state index in [4.69, 9.17) is 0 Å². The van der Waals surface area contributed by atoms with Gasteiger partial charge in [0.05, 0.1) is 9.16 Å². The van der Waals surface area contributed by atoms with E-state index >= 15 is 0 Å². The van der Waals surface area contributed by atoms with Crippen molar-refractivity contribution >= 4 is 80.8 Å². The molecule has 2 aliphatic heterocycles. The Morgan fingerprint density at radius 1 is 0.833 bits per heavy atom. The maximum absolute atomic E-state index is 11.6. The predicted molar refractivity (Wildman–Crippen MR) is 143 cm³/mol. The first-order valence-corrected chi connectivity index (χ1v) is 14.6. The Morgan fingerprint density at radius 3 is 1.60 bits per heavy atom. The molecule has 158 valence electrons. The maximum Gasteiger partial charge on any atom is 0.211 e. The van der Waals surface area contributed by atoms with Gasteiger partial charge in [0.15, 0.2) is 0 Å². The van der Waals surface area contributed by atoms with Crippen LogP contribution in [0.4, 0.5) is 0 Å². The van der Waals surface area contributed by atoms with E-state index in [9.17, 15) is 9.59 Å². The van der Waals surface area contributed by atoms with Gasteiger partial charge in [0, 0.05) is 21.3 Å². The highest BCUT2D eigenvalue weighted by molar-refractivity contribution is 8.24. The topological polar surface area (TPSA) is 34.1 Å². The van der Waals surface area contributed by atoms with Gasteiger partial charge in [-0.15, -0.1) is 47.0 Å². The van der Waals surface area contributed by atoms with Crippen LogP contribution in [-0.4, -0.2) is 21.7 Å². The van der Waals surface area contributed by atoms with Gasteiger partial charge in [-0.25, -0.2) is 0 Å². The lowest BCUT2D eigenvalue weighted by Crippen LogP contribution is -1.97. The molecule has 1 aromatic rings. The largest absolute Gasteiger partial charge is 0.282 e. The summed E-state index contributed by atoms with van der Waals surface area (Å²) in [4.78, 5) is 28.3. The Balaban J connectivity index is 1.69. The number of hydrogen-bond acceptors (Lipinski definition) is 8. The first kappa shape index (κ1) is 24.3. The Morgan fingerprint density at radius 2 is 1.23 bits per heavy atom. The molecule has 30 heavy (non-hydrogen) atoms. The van der Waals surface area contributed by atoms with Gasteiger partial charge >= 0.3 is 0 Å². The Bertz CT molecular complexity index is 858. The quantitative estimate of drug-likeness (QED) is 0.325. The van der Waals surface area contributed by atoms with Crippen molar-refractivity contribution in [3.63, 3.8) is 0 Å². The molecular weight excluding hydrogens is 489 g/mol. The van der Waals surface area contributed by atoms with Crippen LogP contribution in [0, 0.1) is 0 Å². The molecule has 2 aliphatic rings. The van der Waals surface area contributed by atoms with Crippen LogP contribution in [0.15, 0.2) is 69.2 Å². The lowest BCUT2D eigenvalue weighted by molar-refractivity contribution is -0.107. The number of carbonyl (C=O) groups excluding carboxylic acids is 2. The van der Waals surface area contributed by atoms with Gasteiger partial charge in [-0.3, -0.25) is 9.59 Å². The molecule has 3 rings (SSSR count). The van der Waals surface area contributed by atoms with Crippen LogP contribution >= 0.6 is 70.6 Å². The summed E-state index contributed by atoms with van der Waals surface area (Å²) >= 11 is 10.1. The molecule has 1 aromatic carbocycles. The van der Waals surface area contributed by atoms with E-state index in [-0.39, 0.29) is 10.2 Å². The summed E-state index contributed by atoms with van der Waals surface area (Å²) in [5.74, 6) is 1.42. The van der Waals surface area contributed by atoms with Crippen LogP contribution in [-0.2, 0) is 9.59 Å². The highest BCUT2D eigenvalue weighted by atomic mass is 32.2. The van der Waals surface area contributed by atoms with Crippen LogP contribution in [0.25, 0.3) is 0 Å². The summed E-state index contributed by atoms with van der Waals surface area (Å²) in [6.45, 7) is 11.4. The second kappa shape index (κ2) is 11.5. The lowest BCUT2D eigenvalue weighted by Gasteiger charge is -2.19. The normalized spacial score (nSPS) is 21.3. The third-order valence-electron chi connectivity index (χ3n) is 4.38.